The van der Waals surface area contributed by atoms with E-state index in [0.717, 1.165) is 25.1 Å². The van der Waals surface area contributed by atoms with Gasteiger partial charge in [-0.25, -0.2) is 4.39 Å². The van der Waals surface area contributed by atoms with E-state index in [0.29, 0.717) is 11.3 Å². The maximum Gasteiger partial charge on any atom is 0.134 e. The van der Waals surface area contributed by atoms with E-state index in [2.05, 4.69) is 5.32 Å². The lowest BCUT2D eigenvalue weighted by Crippen LogP contribution is -2.20. The molecular formula is C14H19ClFNO. The average Bonchev–Trinajstić information content (AvgIpc) is 2.29. The van der Waals surface area contributed by atoms with Crippen LogP contribution in [0.2, 0.25) is 0 Å². The molecule has 0 spiro atoms. The monoisotopic (exact) mass is 271 g/mol. The second-order valence-corrected chi connectivity index (χ2v) is 4.49. The topological polar surface area (TPSA) is 21.3 Å². The third-order valence-electron chi connectivity index (χ3n) is 2.72. The Balaban J connectivity index is 0.00000162. The van der Waals surface area contributed by atoms with Crippen molar-refractivity contribution in [3.8, 4) is 5.75 Å². The normalized spacial score (nSPS) is 15.0. The van der Waals surface area contributed by atoms with Crippen molar-refractivity contribution in [2.45, 2.75) is 26.4 Å². The quantitative estimate of drug-likeness (QED) is 0.910. The Bertz CT molecular complexity index is 432. The van der Waals surface area contributed by atoms with E-state index < -0.39 is 0 Å². The first-order valence-electron chi connectivity index (χ1n) is 6.03. The van der Waals surface area contributed by atoms with Gasteiger partial charge < -0.3 is 10.1 Å². The van der Waals surface area contributed by atoms with Crippen molar-refractivity contribution in [1.82, 2.24) is 5.32 Å². The molecule has 0 aliphatic carbocycles. The van der Waals surface area contributed by atoms with Crippen LogP contribution in [0.3, 0.4) is 0 Å². The Kier molecular flexibility index (Phi) is 5.63. The van der Waals surface area contributed by atoms with Crippen molar-refractivity contribution >= 4 is 18.0 Å². The summed E-state index contributed by atoms with van der Waals surface area (Å²) in [4.78, 5) is 0. The zero-order valence-electron chi connectivity index (χ0n) is 10.7. The van der Waals surface area contributed by atoms with Gasteiger partial charge in [0, 0.05) is 18.2 Å². The van der Waals surface area contributed by atoms with Crippen LogP contribution in [0.15, 0.2) is 24.3 Å². The molecule has 100 valence electrons. The summed E-state index contributed by atoms with van der Waals surface area (Å²) in [5.41, 5.74) is 1.78. The lowest BCUT2D eigenvalue weighted by Gasteiger charge is -2.16. The number of nitrogens with one attached hydrogen (secondary N) is 1. The average molecular weight is 272 g/mol. The van der Waals surface area contributed by atoms with Crippen molar-refractivity contribution in [2.24, 2.45) is 0 Å². The second kappa shape index (κ2) is 6.76. The van der Waals surface area contributed by atoms with E-state index in [1.807, 2.05) is 32.1 Å². The molecule has 1 aromatic carbocycles. The van der Waals surface area contributed by atoms with Gasteiger partial charge >= 0.3 is 0 Å². The lowest BCUT2D eigenvalue weighted by atomic mass is 10.00. The van der Waals surface area contributed by atoms with Crippen LogP contribution in [-0.4, -0.2) is 19.2 Å². The van der Waals surface area contributed by atoms with Crippen molar-refractivity contribution in [3.05, 3.63) is 35.7 Å². The largest absolute Gasteiger partial charge is 0.491 e. The number of rotatable bonds is 3. The zero-order chi connectivity index (χ0) is 12.3. The molecule has 18 heavy (non-hydrogen) atoms. The summed E-state index contributed by atoms with van der Waals surface area (Å²) in [6, 6.07) is 5.11. The molecule has 2 nitrogen and oxygen atoms in total. The molecule has 0 amide bonds. The molecular weight excluding hydrogens is 253 g/mol. The maximum atomic E-state index is 13.9. The number of hydrogen-bond donors (Lipinski definition) is 1. The molecule has 0 radical (unpaired) electrons. The van der Waals surface area contributed by atoms with E-state index in [4.69, 9.17) is 4.74 Å². The highest BCUT2D eigenvalue weighted by Gasteiger charge is 2.11. The zero-order valence-corrected chi connectivity index (χ0v) is 11.5. The van der Waals surface area contributed by atoms with Gasteiger partial charge in [-0.2, -0.15) is 0 Å². The first kappa shape index (κ1) is 15.0. The van der Waals surface area contributed by atoms with E-state index >= 15 is 0 Å². The highest BCUT2D eigenvalue weighted by atomic mass is 35.5. The van der Waals surface area contributed by atoms with Crippen molar-refractivity contribution in [3.63, 3.8) is 0 Å². The van der Waals surface area contributed by atoms with Gasteiger partial charge in [0.2, 0.25) is 0 Å². The number of hydrogen-bond acceptors (Lipinski definition) is 2. The molecule has 4 heteroatoms. The molecule has 1 heterocycles. The molecule has 0 saturated carbocycles. The van der Waals surface area contributed by atoms with Crippen LogP contribution in [0.25, 0.3) is 5.57 Å². The van der Waals surface area contributed by atoms with E-state index in [1.54, 1.807) is 0 Å². The third-order valence-corrected chi connectivity index (χ3v) is 2.72. The van der Waals surface area contributed by atoms with Crippen molar-refractivity contribution < 1.29 is 9.13 Å². The first-order chi connectivity index (χ1) is 8.16. The minimum Gasteiger partial charge on any atom is -0.491 e. The summed E-state index contributed by atoms with van der Waals surface area (Å²) in [5, 5.41) is 3.22. The highest BCUT2D eigenvalue weighted by molar-refractivity contribution is 5.85. The van der Waals surface area contributed by atoms with Gasteiger partial charge in [-0.3, -0.25) is 0 Å². The van der Waals surface area contributed by atoms with Crippen LogP contribution in [0, 0.1) is 5.82 Å². The van der Waals surface area contributed by atoms with Gasteiger partial charge in [0.05, 0.1) is 6.10 Å². The van der Waals surface area contributed by atoms with Gasteiger partial charge in [0.25, 0.3) is 0 Å². The number of benzene rings is 1. The SMILES string of the molecule is CC(C)Oc1ccc(C2=CCNCC2)c(F)c1.Cl. The summed E-state index contributed by atoms with van der Waals surface area (Å²) in [6.07, 6.45) is 2.99. The predicted octanol–water partition coefficient (Wildman–Crippen LogP) is 3.41. The van der Waals surface area contributed by atoms with E-state index in [9.17, 15) is 4.39 Å². The Labute approximate surface area is 114 Å². The van der Waals surface area contributed by atoms with Crippen LogP contribution in [0.4, 0.5) is 4.39 Å². The van der Waals surface area contributed by atoms with Crippen LogP contribution < -0.4 is 10.1 Å². The standard InChI is InChI=1S/C14H18FNO.ClH/c1-10(2)17-12-3-4-13(14(15)9-12)11-5-7-16-8-6-11;/h3-5,9-10,16H,6-8H2,1-2H3;1H. The summed E-state index contributed by atoms with van der Waals surface area (Å²) in [7, 11) is 0. The number of halogens is 2. The molecule has 1 aliphatic rings. The van der Waals surface area contributed by atoms with Gasteiger partial charge in [-0.15, -0.1) is 12.4 Å². The minimum atomic E-state index is -0.198. The molecule has 0 bridgehead atoms. The van der Waals surface area contributed by atoms with E-state index in [-0.39, 0.29) is 24.3 Å². The van der Waals surface area contributed by atoms with Crippen LogP contribution in [0.1, 0.15) is 25.8 Å². The summed E-state index contributed by atoms with van der Waals surface area (Å²) in [5.74, 6) is 0.395. The molecule has 0 atom stereocenters. The molecule has 2 rings (SSSR count). The molecule has 0 unspecified atom stereocenters. The fraction of sp³-hybridized carbons (Fsp3) is 0.429. The van der Waals surface area contributed by atoms with Gasteiger partial charge in [-0.1, -0.05) is 6.08 Å². The molecule has 1 aromatic rings. The van der Waals surface area contributed by atoms with Crippen LogP contribution in [-0.2, 0) is 0 Å². The maximum absolute atomic E-state index is 13.9. The van der Waals surface area contributed by atoms with Crippen LogP contribution >= 0.6 is 12.4 Å². The van der Waals surface area contributed by atoms with Gasteiger partial charge in [0.1, 0.15) is 11.6 Å². The highest BCUT2D eigenvalue weighted by Crippen LogP contribution is 2.26. The summed E-state index contributed by atoms with van der Waals surface area (Å²) in [6.45, 7) is 5.59. The molecule has 0 saturated heterocycles. The molecule has 0 aromatic heterocycles. The van der Waals surface area contributed by atoms with Crippen molar-refractivity contribution in [1.29, 1.82) is 0 Å². The van der Waals surface area contributed by atoms with Crippen molar-refractivity contribution in [2.75, 3.05) is 13.1 Å². The Morgan fingerprint density at radius 2 is 2.11 bits per heavy atom. The third kappa shape index (κ3) is 3.72. The lowest BCUT2D eigenvalue weighted by molar-refractivity contribution is 0.241. The second-order valence-electron chi connectivity index (χ2n) is 4.49. The van der Waals surface area contributed by atoms with E-state index in [1.165, 1.54) is 6.07 Å². The molecule has 1 aliphatic heterocycles. The Morgan fingerprint density at radius 1 is 1.33 bits per heavy atom. The number of ether oxygens (including phenoxy) is 1. The van der Waals surface area contributed by atoms with Gasteiger partial charge in [0.15, 0.2) is 0 Å². The fourth-order valence-corrected chi connectivity index (χ4v) is 1.97. The predicted molar refractivity (Wildman–Crippen MR) is 74.9 cm³/mol. The minimum absolute atomic E-state index is 0. The smallest absolute Gasteiger partial charge is 0.134 e. The van der Waals surface area contributed by atoms with Crippen LogP contribution in [0.5, 0.6) is 5.75 Å². The fourth-order valence-electron chi connectivity index (χ4n) is 1.97. The summed E-state index contributed by atoms with van der Waals surface area (Å²) >= 11 is 0. The molecule has 0 fully saturated rings. The van der Waals surface area contributed by atoms with Gasteiger partial charge in [-0.05, 0) is 44.5 Å². The summed E-state index contributed by atoms with van der Waals surface area (Å²) < 4.78 is 19.4. The Hall–Kier alpha value is -1.06. The molecule has 1 N–H and O–H groups in total. The Morgan fingerprint density at radius 3 is 2.67 bits per heavy atom. The first-order valence-corrected chi connectivity index (χ1v) is 6.03.